The molecule has 2 aromatic rings. The van der Waals surface area contributed by atoms with Gasteiger partial charge in [0.1, 0.15) is 5.75 Å². The first-order valence-electron chi connectivity index (χ1n) is 12.0. The summed E-state index contributed by atoms with van der Waals surface area (Å²) in [5, 5.41) is 0. The highest BCUT2D eigenvalue weighted by molar-refractivity contribution is 5.54. The maximum Gasteiger partial charge on any atom is 0.255 e. The van der Waals surface area contributed by atoms with E-state index in [2.05, 4.69) is 58.7 Å². The second-order valence-corrected chi connectivity index (χ2v) is 9.14. The Morgan fingerprint density at radius 2 is 2.06 bits per heavy atom. The van der Waals surface area contributed by atoms with Crippen LogP contribution in [0, 0.1) is 5.92 Å². The Balaban J connectivity index is 1.52. The van der Waals surface area contributed by atoms with Gasteiger partial charge in [0.05, 0.1) is 12.8 Å². The molecule has 0 unspecified atom stereocenters. The van der Waals surface area contributed by atoms with Crippen molar-refractivity contribution >= 4 is 11.6 Å². The van der Waals surface area contributed by atoms with Gasteiger partial charge in [0.2, 0.25) is 5.95 Å². The van der Waals surface area contributed by atoms with Crippen molar-refractivity contribution in [2.45, 2.75) is 53.1 Å². The van der Waals surface area contributed by atoms with Crippen molar-refractivity contribution in [1.29, 1.82) is 0 Å². The SMILES string of the molecule is CCN(CC)c1ccc(CN2CCc3c(nc(N4CCC[C@H](C)C4)[nH]c3=O)C2)c(OC)c1. The number of H-pyrrole nitrogens is 1. The van der Waals surface area contributed by atoms with Crippen molar-refractivity contribution in [2.75, 3.05) is 49.6 Å². The third-order valence-corrected chi connectivity index (χ3v) is 6.89. The van der Waals surface area contributed by atoms with Crippen LogP contribution < -0.4 is 20.1 Å². The lowest BCUT2D eigenvalue weighted by Crippen LogP contribution is -2.39. The molecule has 0 bridgehead atoms. The lowest BCUT2D eigenvalue weighted by atomic mass is 10.0. The first-order chi connectivity index (χ1) is 15.5. The summed E-state index contributed by atoms with van der Waals surface area (Å²) >= 11 is 0. The molecule has 1 fully saturated rings. The van der Waals surface area contributed by atoms with E-state index in [1.54, 1.807) is 7.11 Å². The average molecular weight is 440 g/mol. The number of fused-ring (bicyclic) bond motifs is 1. The number of aromatic amines is 1. The standard InChI is InChI=1S/C25H37N5O2/c1-5-29(6-2)20-10-9-19(23(14-20)32-4)16-28-13-11-21-22(17-28)26-25(27-24(21)31)30-12-7-8-18(3)15-30/h9-10,14,18H,5-8,11-13,15-17H2,1-4H3,(H,26,27,31)/t18-/m0/s1. The second kappa shape index (κ2) is 9.94. The highest BCUT2D eigenvalue weighted by atomic mass is 16.5. The van der Waals surface area contributed by atoms with E-state index in [1.165, 1.54) is 17.7 Å². The zero-order chi connectivity index (χ0) is 22.7. The van der Waals surface area contributed by atoms with Gasteiger partial charge in [-0.3, -0.25) is 14.7 Å². The topological polar surface area (TPSA) is 64.7 Å². The Morgan fingerprint density at radius 1 is 1.25 bits per heavy atom. The minimum absolute atomic E-state index is 0.0315. The highest BCUT2D eigenvalue weighted by Gasteiger charge is 2.25. The van der Waals surface area contributed by atoms with E-state index < -0.39 is 0 Å². The number of nitrogens with zero attached hydrogens (tertiary/aromatic N) is 4. The van der Waals surface area contributed by atoms with Gasteiger partial charge in [0.25, 0.3) is 5.56 Å². The quantitative estimate of drug-likeness (QED) is 0.713. The number of aromatic nitrogens is 2. The number of rotatable bonds is 7. The third-order valence-electron chi connectivity index (χ3n) is 6.89. The van der Waals surface area contributed by atoms with Gasteiger partial charge in [-0.05, 0) is 45.1 Å². The predicted octanol–water partition coefficient (Wildman–Crippen LogP) is 3.42. The molecule has 1 aromatic carbocycles. The molecule has 7 nitrogen and oxygen atoms in total. The molecular weight excluding hydrogens is 402 g/mol. The Morgan fingerprint density at radius 3 is 2.78 bits per heavy atom. The van der Waals surface area contributed by atoms with E-state index in [0.29, 0.717) is 12.5 Å². The smallest absolute Gasteiger partial charge is 0.255 e. The van der Waals surface area contributed by atoms with Crippen LogP contribution in [0.2, 0.25) is 0 Å². The number of hydrogen-bond acceptors (Lipinski definition) is 6. The van der Waals surface area contributed by atoms with E-state index in [-0.39, 0.29) is 5.56 Å². The number of nitrogens with one attached hydrogen (secondary N) is 1. The molecule has 4 rings (SSSR count). The zero-order valence-corrected chi connectivity index (χ0v) is 20.0. The van der Waals surface area contributed by atoms with Crippen molar-refractivity contribution in [1.82, 2.24) is 14.9 Å². The van der Waals surface area contributed by atoms with Gasteiger partial charge in [-0.2, -0.15) is 0 Å². The number of benzene rings is 1. The second-order valence-electron chi connectivity index (χ2n) is 9.14. The van der Waals surface area contributed by atoms with Crippen LogP contribution in [0.15, 0.2) is 23.0 Å². The number of anilines is 2. The molecule has 0 radical (unpaired) electrons. The zero-order valence-electron chi connectivity index (χ0n) is 20.0. The van der Waals surface area contributed by atoms with E-state index in [4.69, 9.17) is 9.72 Å². The van der Waals surface area contributed by atoms with Crippen LogP contribution in [0.1, 0.15) is 50.4 Å². The largest absolute Gasteiger partial charge is 0.496 e. The summed E-state index contributed by atoms with van der Waals surface area (Å²) in [6.07, 6.45) is 3.12. The molecule has 7 heteroatoms. The lowest BCUT2D eigenvalue weighted by Gasteiger charge is -2.33. The van der Waals surface area contributed by atoms with Crippen LogP contribution in [0.5, 0.6) is 5.75 Å². The number of piperidine rings is 1. The molecule has 3 heterocycles. The van der Waals surface area contributed by atoms with E-state index >= 15 is 0 Å². The average Bonchev–Trinajstić information content (AvgIpc) is 2.80. The van der Waals surface area contributed by atoms with Crippen LogP contribution in [-0.2, 0) is 19.5 Å². The van der Waals surface area contributed by atoms with Crippen molar-refractivity contribution in [2.24, 2.45) is 5.92 Å². The molecule has 2 aliphatic rings. The summed E-state index contributed by atoms with van der Waals surface area (Å²) < 4.78 is 5.73. The third kappa shape index (κ3) is 4.77. The molecule has 1 N–H and O–H groups in total. The maximum absolute atomic E-state index is 12.8. The summed E-state index contributed by atoms with van der Waals surface area (Å²) in [5.74, 6) is 2.29. The summed E-state index contributed by atoms with van der Waals surface area (Å²) in [7, 11) is 1.74. The van der Waals surface area contributed by atoms with Gasteiger partial charge in [0.15, 0.2) is 0 Å². The number of ether oxygens (including phenoxy) is 1. The molecule has 1 saturated heterocycles. The van der Waals surface area contributed by atoms with Crippen LogP contribution in [0.25, 0.3) is 0 Å². The molecule has 32 heavy (non-hydrogen) atoms. The molecular formula is C25H37N5O2. The monoisotopic (exact) mass is 439 g/mol. The van der Waals surface area contributed by atoms with Gasteiger partial charge >= 0.3 is 0 Å². The Bertz CT molecular complexity index is 985. The van der Waals surface area contributed by atoms with Crippen LogP contribution in [0.3, 0.4) is 0 Å². The van der Waals surface area contributed by atoms with Crippen LogP contribution in [0.4, 0.5) is 11.6 Å². The summed E-state index contributed by atoms with van der Waals surface area (Å²) in [6, 6.07) is 6.49. The summed E-state index contributed by atoms with van der Waals surface area (Å²) in [5.41, 5.74) is 4.16. The molecule has 1 atom stereocenters. The van der Waals surface area contributed by atoms with E-state index in [0.717, 1.165) is 75.1 Å². The summed E-state index contributed by atoms with van der Waals surface area (Å²) in [4.78, 5) is 27.7. The molecule has 0 saturated carbocycles. The van der Waals surface area contributed by atoms with Gasteiger partial charge in [0, 0.05) is 68.7 Å². The van der Waals surface area contributed by atoms with Crippen molar-refractivity contribution < 1.29 is 4.74 Å². The lowest BCUT2D eigenvalue weighted by molar-refractivity contribution is 0.237. The normalized spacial score (nSPS) is 19.0. The Labute approximate surface area is 191 Å². The van der Waals surface area contributed by atoms with Gasteiger partial charge in [-0.1, -0.05) is 13.0 Å². The fraction of sp³-hybridized carbons (Fsp3) is 0.600. The Kier molecular flexibility index (Phi) is 7.04. The molecule has 0 aliphatic carbocycles. The van der Waals surface area contributed by atoms with Crippen molar-refractivity contribution in [3.8, 4) is 5.75 Å². The molecule has 0 spiro atoms. The minimum Gasteiger partial charge on any atom is -0.496 e. The first-order valence-corrected chi connectivity index (χ1v) is 12.0. The number of hydrogen-bond donors (Lipinski definition) is 1. The molecule has 1 aromatic heterocycles. The maximum atomic E-state index is 12.8. The van der Waals surface area contributed by atoms with Gasteiger partial charge in [-0.25, -0.2) is 4.98 Å². The molecule has 0 amide bonds. The van der Waals surface area contributed by atoms with E-state index in [9.17, 15) is 4.79 Å². The van der Waals surface area contributed by atoms with Gasteiger partial charge < -0.3 is 14.5 Å². The highest BCUT2D eigenvalue weighted by Crippen LogP contribution is 2.28. The summed E-state index contributed by atoms with van der Waals surface area (Å²) in [6.45, 7) is 12.8. The van der Waals surface area contributed by atoms with Gasteiger partial charge in [-0.15, -0.1) is 0 Å². The predicted molar refractivity (Wildman–Crippen MR) is 130 cm³/mol. The first kappa shape index (κ1) is 22.6. The minimum atomic E-state index is 0.0315. The molecule has 2 aliphatic heterocycles. The fourth-order valence-corrected chi connectivity index (χ4v) is 5.04. The van der Waals surface area contributed by atoms with Crippen molar-refractivity contribution in [3.63, 3.8) is 0 Å². The number of methoxy groups -OCH3 is 1. The fourth-order valence-electron chi connectivity index (χ4n) is 5.04. The van der Waals surface area contributed by atoms with Crippen LogP contribution in [-0.4, -0.2) is 54.7 Å². The van der Waals surface area contributed by atoms with Crippen LogP contribution >= 0.6 is 0 Å². The van der Waals surface area contributed by atoms with Crippen molar-refractivity contribution in [3.05, 3.63) is 45.4 Å². The Hall–Kier alpha value is -2.54. The molecule has 174 valence electrons. The van der Waals surface area contributed by atoms with E-state index in [1.807, 2.05) is 0 Å².